The number of hydrogen-bond acceptors (Lipinski definition) is 7. The van der Waals surface area contributed by atoms with Crippen molar-refractivity contribution in [2.75, 3.05) is 30.3 Å². The van der Waals surface area contributed by atoms with E-state index in [2.05, 4.69) is 21.3 Å². The fourth-order valence-electron chi connectivity index (χ4n) is 4.34. The Bertz CT molecular complexity index is 1580. The van der Waals surface area contributed by atoms with Crippen LogP contribution in [0.5, 0.6) is 5.75 Å². The van der Waals surface area contributed by atoms with Crippen LogP contribution in [0.3, 0.4) is 0 Å². The summed E-state index contributed by atoms with van der Waals surface area (Å²) in [5, 5.41) is 28.7. The molecule has 0 unspecified atom stereocenters. The highest BCUT2D eigenvalue weighted by Crippen LogP contribution is 2.26. The van der Waals surface area contributed by atoms with Gasteiger partial charge in [-0.05, 0) is 35.9 Å². The number of nitrogens with one attached hydrogen (secondary N) is 4. The lowest BCUT2D eigenvalue weighted by Crippen LogP contribution is -2.49. The molecule has 14 nitrogen and oxygen atoms in total. The van der Waals surface area contributed by atoms with Gasteiger partial charge in [-0.15, -0.1) is 0 Å². The van der Waals surface area contributed by atoms with Crippen molar-refractivity contribution in [2.45, 2.75) is 19.0 Å². The zero-order chi connectivity index (χ0) is 31.6. The minimum atomic E-state index is -1.57. The standard InChI is InChI=1S/C30H29N5O9/c36-25(33-23(15-26(37)38)27(39)34-22-9-5-4-8-20(22)29(41)42)17-35-12-13-44-24-11-10-19(14-21(24)28(35)40)32-30(43)31-16-18-6-2-1-3-7-18/h1-11,14,23H,12-13,15-17H2,(H,33,36)(H,34,39)(H,37,38)(H,41,42)(H2,31,32,43)/t23-/m0/s1. The summed E-state index contributed by atoms with van der Waals surface area (Å²) in [7, 11) is 0. The number of urea groups is 1. The van der Waals surface area contributed by atoms with E-state index in [1.807, 2.05) is 30.3 Å². The number of carboxylic acids is 2. The Kier molecular flexibility index (Phi) is 10.1. The number of anilines is 2. The summed E-state index contributed by atoms with van der Waals surface area (Å²) in [6.45, 7) is -0.202. The summed E-state index contributed by atoms with van der Waals surface area (Å²) in [4.78, 5) is 75.6. The van der Waals surface area contributed by atoms with Crippen LogP contribution < -0.4 is 26.0 Å². The largest absolute Gasteiger partial charge is 0.491 e. The molecule has 0 aromatic heterocycles. The lowest BCUT2D eigenvalue weighted by molar-refractivity contribution is -0.139. The van der Waals surface area contributed by atoms with E-state index >= 15 is 0 Å². The molecule has 0 saturated carbocycles. The molecule has 0 saturated heterocycles. The van der Waals surface area contributed by atoms with E-state index in [9.17, 15) is 39.0 Å². The van der Waals surface area contributed by atoms with E-state index in [1.165, 1.54) is 36.4 Å². The third-order valence-electron chi connectivity index (χ3n) is 6.45. The Morgan fingerprint density at radius 1 is 0.909 bits per heavy atom. The number of benzene rings is 3. The number of ether oxygens (including phenoxy) is 1. The predicted octanol–water partition coefficient (Wildman–Crippen LogP) is 2.14. The topological polar surface area (TPSA) is 203 Å². The molecule has 0 spiro atoms. The second-order valence-electron chi connectivity index (χ2n) is 9.64. The van der Waals surface area contributed by atoms with Crippen LogP contribution in [0.4, 0.5) is 16.2 Å². The van der Waals surface area contributed by atoms with Crippen molar-refractivity contribution < 1.29 is 43.7 Å². The van der Waals surface area contributed by atoms with Gasteiger partial charge in [-0.1, -0.05) is 42.5 Å². The molecule has 1 aliphatic rings. The fourth-order valence-corrected chi connectivity index (χ4v) is 4.34. The highest BCUT2D eigenvalue weighted by molar-refractivity contribution is 6.05. The maximum Gasteiger partial charge on any atom is 0.337 e. The smallest absolute Gasteiger partial charge is 0.337 e. The van der Waals surface area contributed by atoms with Crippen molar-refractivity contribution in [2.24, 2.45) is 0 Å². The summed E-state index contributed by atoms with van der Waals surface area (Å²) in [6, 6.07) is 17.2. The quantitative estimate of drug-likeness (QED) is 0.190. The molecule has 6 N–H and O–H groups in total. The van der Waals surface area contributed by atoms with E-state index in [1.54, 1.807) is 6.07 Å². The number of fused-ring (bicyclic) bond motifs is 1. The number of aliphatic carboxylic acids is 1. The lowest BCUT2D eigenvalue weighted by Gasteiger charge is -2.22. The third kappa shape index (κ3) is 8.31. The van der Waals surface area contributed by atoms with E-state index in [0.29, 0.717) is 5.69 Å². The van der Waals surface area contributed by atoms with Gasteiger partial charge in [0.2, 0.25) is 11.8 Å². The molecule has 1 heterocycles. The number of hydrogen-bond donors (Lipinski definition) is 6. The minimum absolute atomic E-state index is 0.00301. The first-order chi connectivity index (χ1) is 21.1. The fraction of sp³-hybridized carbons (Fsp3) is 0.200. The summed E-state index contributed by atoms with van der Waals surface area (Å²) in [5.74, 6) is -4.83. The molecule has 3 aromatic rings. The van der Waals surface area contributed by atoms with E-state index < -0.39 is 54.7 Å². The third-order valence-corrected chi connectivity index (χ3v) is 6.45. The van der Waals surface area contributed by atoms with Gasteiger partial charge in [-0.2, -0.15) is 0 Å². The zero-order valence-electron chi connectivity index (χ0n) is 23.2. The van der Waals surface area contributed by atoms with Gasteiger partial charge in [-0.3, -0.25) is 19.2 Å². The average Bonchev–Trinajstić information content (AvgIpc) is 3.14. The van der Waals surface area contributed by atoms with Crippen LogP contribution >= 0.6 is 0 Å². The van der Waals surface area contributed by atoms with E-state index in [-0.39, 0.29) is 42.3 Å². The Hall–Kier alpha value is -5.92. The molecule has 228 valence electrons. The van der Waals surface area contributed by atoms with Gasteiger partial charge in [0, 0.05) is 12.2 Å². The molecule has 0 fully saturated rings. The van der Waals surface area contributed by atoms with Crippen molar-refractivity contribution in [3.63, 3.8) is 0 Å². The Morgan fingerprint density at radius 2 is 1.64 bits per heavy atom. The van der Waals surface area contributed by atoms with Gasteiger partial charge < -0.3 is 41.1 Å². The van der Waals surface area contributed by atoms with Crippen molar-refractivity contribution in [1.29, 1.82) is 0 Å². The number of nitrogens with zero attached hydrogens (tertiary/aromatic N) is 1. The molecule has 14 heteroatoms. The highest BCUT2D eigenvalue weighted by atomic mass is 16.5. The SMILES string of the molecule is O=C(O)C[C@H](NC(=O)CN1CCOc2ccc(NC(=O)NCc3ccccc3)cc2C1=O)C(=O)Nc1ccccc1C(=O)O. The Labute approximate surface area is 251 Å². The molecule has 44 heavy (non-hydrogen) atoms. The molecule has 0 radical (unpaired) electrons. The number of rotatable bonds is 11. The zero-order valence-corrected chi connectivity index (χ0v) is 23.2. The molecule has 1 aliphatic heterocycles. The van der Waals surface area contributed by atoms with Gasteiger partial charge in [0.15, 0.2) is 0 Å². The van der Waals surface area contributed by atoms with Crippen LogP contribution in [0, 0.1) is 0 Å². The van der Waals surface area contributed by atoms with Crippen molar-refractivity contribution in [1.82, 2.24) is 15.5 Å². The Balaban J connectivity index is 1.41. The Morgan fingerprint density at radius 3 is 2.36 bits per heavy atom. The molecule has 5 amide bonds. The number of carbonyl (C=O) groups excluding carboxylic acids is 4. The van der Waals surface area contributed by atoms with Crippen LogP contribution in [0.2, 0.25) is 0 Å². The van der Waals surface area contributed by atoms with Crippen molar-refractivity contribution in [3.8, 4) is 5.75 Å². The number of amides is 5. The monoisotopic (exact) mass is 603 g/mol. The number of aromatic carboxylic acids is 1. The van der Waals surface area contributed by atoms with Crippen LogP contribution in [0.15, 0.2) is 72.8 Å². The normalized spacial score (nSPS) is 12.9. The molecule has 0 aliphatic carbocycles. The number of para-hydroxylation sites is 1. The van der Waals surface area contributed by atoms with Crippen LogP contribution in [-0.4, -0.2) is 76.5 Å². The van der Waals surface area contributed by atoms with Gasteiger partial charge in [0.05, 0.1) is 36.3 Å². The van der Waals surface area contributed by atoms with Gasteiger partial charge in [0.1, 0.15) is 18.4 Å². The first-order valence-electron chi connectivity index (χ1n) is 13.4. The molecular weight excluding hydrogens is 574 g/mol. The summed E-state index contributed by atoms with van der Waals surface area (Å²) in [5.41, 5.74) is 0.982. The van der Waals surface area contributed by atoms with E-state index in [4.69, 9.17) is 4.74 Å². The maximum absolute atomic E-state index is 13.4. The van der Waals surface area contributed by atoms with Crippen LogP contribution in [0.25, 0.3) is 0 Å². The molecule has 3 aromatic carbocycles. The van der Waals surface area contributed by atoms with Crippen LogP contribution in [0.1, 0.15) is 32.7 Å². The first kappa shape index (κ1) is 31.0. The number of carbonyl (C=O) groups is 6. The van der Waals surface area contributed by atoms with Crippen LogP contribution in [-0.2, 0) is 20.9 Å². The lowest BCUT2D eigenvalue weighted by atomic mass is 10.1. The second-order valence-corrected chi connectivity index (χ2v) is 9.64. The van der Waals surface area contributed by atoms with Crippen molar-refractivity contribution >= 4 is 47.1 Å². The molecule has 4 rings (SSSR count). The molecule has 1 atom stereocenters. The predicted molar refractivity (Wildman–Crippen MR) is 156 cm³/mol. The van der Waals surface area contributed by atoms with Gasteiger partial charge >= 0.3 is 18.0 Å². The maximum atomic E-state index is 13.4. The summed E-state index contributed by atoms with van der Waals surface area (Å²) in [6.07, 6.45) is -0.798. The molecule has 0 bridgehead atoms. The average molecular weight is 604 g/mol. The summed E-state index contributed by atoms with van der Waals surface area (Å²) < 4.78 is 5.65. The first-order valence-corrected chi connectivity index (χ1v) is 13.4. The van der Waals surface area contributed by atoms with Gasteiger partial charge in [0.25, 0.3) is 5.91 Å². The van der Waals surface area contributed by atoms with Gasteiger partial charge in [-0.25, -0.2) is 9.59 Å². The second kappa shape index (κ2) is 14.3. The molecular formula is C30H29N5O9. The van der Waals surface area contributed by atoms with Crippen molar-refractivity contribution in [3.05, 3.63) is 89.5 Å². The number of carboxylic acid groups (broad SMARTS) is 2. The summed E-state index contributed by atoms with van der Waals surface area (Å²) >= 11 is 0. The minimum Gasteiger partial charge on any atom is -0.491 e. The highest BCUT2D eigenvalue weighted by Gasteiger charge is 2.29. The van der Waals surface area contributed by atoms with E-state index in [0.717, 1.165) is 10.5 Å².